The second kappa shape index (κ2) is 7.24. The minimum Gasteiger partial charge on any atom is -0.396 e. The van der Waals surface area contributed by atoms with E-state index in [4.69, 9.17) is 23.2 Å². The Morgan fingerprint density at radius 3 is 2.85 bits per heavy atom. The fraction of sp³-hybridized carbons (Fsp3) is 0.200. The lowest BCUT2D eigenvalue weighted by atomic mass is 10.0. The summed E-state index contributed by atoms with van der Waals surface area (Å²) in [6, 6.07) is 12.9. The Morgan fingerprint density at radius 2 is 2.07 bits per heavy atom. The Hall–Kier alpha value is -1.92. The van der Waals surface area contributed by atoms with Gasteiger partial charge >= 0.3 is 0 Å². The van der Waals surface area contributed by atoms with Gasteiger partial charge in [-0.1, -0.05) is 41.4 Å². The molecule has 1 amide bonds. The van der Waals surface area contributed by atoms with Gasteiger partial charge in [0.2, 0.25) is 0 Å². The van der Waals surface area contributed by atoms with E-state index in [0.717, 1.165) is 11.3 Å². The van der Waals surface area contributed by atoms with Crippen LogP contribution in [0.15, 0.2) is 42.5 Å². The van der Waals surface area contributed by atoms with E-state index in [0.29, 0.717) is 37.7 Å². The number of rotatable bonds is 3. The van der Waals surface area contributed by atoms with E-state index in [2.05, 4.69) is 4.98 Å². The summed E-state index contributed by atoms with van der Waals surface area (Å²) in [5.74, 6) is -0.182. The van der Waals surface area contributed by atoms with E-state index in [9.17, 15) is 9.90 Å². The van der Waals surface area contributed by atoms with Crippen molar-refractivity contribution >= 4 is 46.1 Å². The number of aryl methyl sites for hydroxylation is 1. The maximum absolute atomic E-state index is 13.2. The normalized spacial score (nSPS) is 15.9. The van der Waals surface area contributed by atoms with Crippen molar-refractivity contribution in [2.75, 3.05) is 18.1 Å². The lowest BCUT2D eigenvalue weighted by Gasteiger charge is -2.17. The number of anilines is 1. The molecule has 4 rings (SSSR count). The van der Waals surface area contributed by atoms with Crippen LogP contribution in [0.2, 0.25) is 10.0 Å². The first-order chi connectivity index (χ1) is 13.0. The summed E-state index contributed by atoms with van der Waals surface area (Å²) in [5, 5.41) is 11.4. The monoisotopic (exact) mass is 418 g/mol. The Bertz CT molecular complexity index is 1030. The third kappa shape index (κ3) is 3.25. The van der Waals surface area contributed by atoms with Crippen LogP contribution in [0.4, 0.5) is 5.69 Å². The Balaban J connectivity index is 1.72. The zero-order chi connectivity index (χ0) is 19.1. The molecule has 0 saturated carbocycles. The van der Waals surface area contributed by atoms with Crippen molar-refractivity contribution < 1.29 is 9.90 Å². The molecule has 0 spiro atoms. The number of hydrogen-bond acceptors (Lipinski definition) is 4. The van der Waals surface area contributed by atoms with Gasteiger partial charge in [-0.3, -0.25) is 4.79 Å². The van der Waals surface area contributed by atoms with Crippen molar-refractivity contribution in [3.63, 3.8) is 0 Å². The van der Waals surface area contributed by atoms with Crippen molar-refractivity contribution in [2.24, 2.45) is 0 Å². The Kier molecular flexibility index (Phi) is 4.95. The molecule has 0 bridgehead atoms. The third-order valence-electron chi connectivity index (χ3n) is 4.69. The number of carbonyl (C=O) groups is 1. The topological polar surface area (TPSA) is 53.4 Å². The number of hydrogen-bond donors (Lipinski definition) is 1. The molecule has 1 N–H and O–H groups in total. The average Bonchev–Trinajstić information content (AvgIpc) is 3.24. The first-order valence-electron chi connectivity index (χ1n) is 8.44. The molecule has 2 heterocycles. The molecule has 1 unspecified atom stereocenters. The highest BCUT2D eigenvalue weighted by Gasteiger charge is 2.33. The number of aliphatic hydroxyl groups is 1. The summed E-state index contributed by atoms with van der Waals surface area (Å²) < 4.78 is 0. The minimum absolute atomic E-state index is 0.00579. The fourth-order valence-corrected chi connectivity index (χ4v) is 4.82. The first-order valence-corrected chi connectivity index (χ1v) is 10.0. The van der Waals surface area contributed by atoms with Crippen LogP contribution in [0.25, 0.3) is 10.6 Å². The SMILES string of the molecule is Cc1nc(-c2cc(Cl)ccc2Cl)sc1C(=O)N1CC(CO)c2ccccc21. The zero-order valence-corrected chi connectivity index (χ0v) is 16.8. The number of thiazole rings is 1. The number of aromatic nitrogens is 1. The minimum atomic E-state index is -0.113. The van der Waals surface area contributed by atoms with Gasteiger partial charge in [0.05, 0.1) is 17.3 Å². The second-order valence-corrected chi connectivity index (χ2v) is 8.25. The number of carbonyl (C=O) groups excluding carboxylic acids is 1. The standard InChI is InChI=1S/C20H16Cl2N2O2S/c1-11-18(27-19(23-11)15-8-13(21)6-7-16(15)22)20(26)24-9-12(10-25)14-4-2-3-5-17(14)24/h2-8,12,25H,9-10H2,1H3. The predicted octanol–water partition coefficient (Wildman–Crippen LogP) is 5.16. The van der Waals surface area contributed by atoms with Crippen molar-refractivity contribution in [2.45, 2.75) is 12.8 Å². The van der Waals surface area contributed by atoms with Gasteiger partial charge in [-0.05, 0) is 36.8 Å². The van der Waals surface area contributed by atoms with Crippen molar-refractivity contribution in [3.8, 4) is 10.6 Å². The number of fused-ring (bicyclic) bond motifs is 1. The molecule has 4 nitrogen and oxygen atoms in total. The van der Waals surface area contributed by atoms with Gasteiger partial charge in [-0.15, -0.1) is 11.3 Å². The summed E-state index contributed by atoms with van der Waals surface area (Å²) in [6.07, 6.45) is 0. The largest absolute Gasteiger partial charge is 0.396 e. The number of para-hydroxylation sites is 1. The molecule has 2 aromatic carbocycles. The fourth-order valence-electron chi connectivity index (χ4n) is 3.34. The first kappa shape index (κ1) is 18.4. The van der Waals surface area contributed by atoms with Crippen LogP contribution in [0.5, 0.6) is 0 Å². The molecule has 3 aromatic rings. The maximum Gasteiger partial charge on any atom is 0.270 e. The van der Waals surface area contributed by atoms with Gasteiger partial charge in [-0.2, -0.15) is 0 Å². The van der Waals surface area contributed by atoms with Gasteiger partial charge in [0.25, 0.3) is 5.91 Å². The molecule has 0 aliphatic carbocycles. The number of halogens is 2. The van der Waals surface area contributed by atoms with E-state index in [1.165, 1.54) is 11.3 Å². The molecule has 138 valence electrons. The summed E-state index contributed by atoms with van der Waals surface area (Å²) >= 11 is 13.7. The predicted molar refractivity (Wildman–Crippen MR) is 110 cm³/mol. The quantitative estimate of drug-likeness (QED) is 0.638. The highest BCUT2D eigenvalue weighted by molar-refractivity contribution is 7.17. The highest BCUT2D eigenvalue weighted by atomic mass is 35.5. The summed E-state index contributed by atoms with van der Waals surface area (Å²) in [4.78, 5) is 20.1. The summed E-state index contributed by atoms with van der Waals surface area (Å²) in [5.41, 5.74) is 3.21. The molecule has 27 heavy (non-hydrogen) atoms. The van der Waals surface area contributed by atoms with Crippen LogP contribution in [-0.2, 0) is 0 Å². The second-order valence-electron chi connectivity index (χ2n) is 6.41. The maximum atomic E-state index is 13.2. The molecule has 0 fully saturated rings. The average molecular weight is 419 g/mol. The summed E-state index contributed by atoms with van der Waals surface area (Å²) in [6.45, 7) is 2.28. The van der Waals surface area contributed by atoms with Gasteiger partial charge in [-0.25, -0.2) is 4.98 Å². The number of amides is 1. The molecule has 1 aliphatic rings. The molecular formula is C20H16Cl2N2O2S. The smallest absolute Gasteiger partial charge is 0.270 e. The molecule has 7 heteroatoms. The Morgan fingerprint density at radius 1 is 1.30 bits per heavy atom. The summed E-state index contributed by atoms with van der Waals surface area (Å²) in [7, 11) is 0. The van der Waals surface area contributed by atoms with Gasteiger partial charge < -0.3 is 10.0 Å². The van der Waals surface area contributed by atoms with Gasteiger partial charge in [0, 0.05) is 28.7 Å². The third-order valence-corrected chi connectivity index (χ3v) is 6.43. The van der Waals surface area contributed by atoms with Gasteiger partial charge in [0.1, 0.15) is 9.88 Å². The van der Waals surface area contributed by atoms with Crippen LogP contribution in [0.3, 0.4) is 0 Å². The molecule has 1 aliphatic heterocycles. The van der Waals surface area contributed by atoms with E-state index < -0.39 is 0 Å². The number of benzene rings is 2. The van der Waals surface area contributed by atoms with Crippen molar-refractivity contribution in [3.05, 3.63) is 68.6 Å². The lowest BCUT2D eigenvalue weighted by Crippen LogP contribution is -2.30. The van der Waals surface area contributed by atoms with Crippen LogP contribution in [0.1, 0.15) is 26.8 Å². The highest BCUT2D eigenvalue weighted by Crippen LogP contribution is 2.39. The molecule has 1 aromatic heterocycles. The zero-order valence-electron chi connectivity index (χ0n) is 14.4. The van der Waals surface area contributed by atoms with Crippen LogP contribution in [0, 0.1) is 6.92 Å². The number of nitrogens with zero attached hydrogens (tertiary/aromatic N) is 2. The molecule has 0 radical (unpaired) electrons. The number of aliphatic hydroxyl groups excluding tert-OH is 1. The molecule has 1 atom stereocenters. The van der Waals surface area contributed by atoms with E-state index >= 15 is 0 Å². The van der Waals surface area contributed by atoms with Crippen LogP contribution >= 0.6 is 34.5 Å². The molecule has 0 saturated heterocycles. The molecular weight excluding hydrogens is 403 g/mol. The van der Waals surface area contributed by atoms with Crippen LogP contribution in [-0.4, -0.2) is 29.1 Å². The van der Waals surface area contributed by atoms with E-state index in [1.807, 2.05) is 31.2 Å². The lowest BCUT2D eigenvalue weighted by molar-refractivity contribution is 0.0990. The Labute approximate surface area is 171 Å². The van der Waals surface area contributed by atoms with Crippen molar-refractivity contribution in [1.82, 2.24) is 4.98 Å². The van der Waals surface area contributed by atoms with E-state index in [1.54, 1.807) is 23.1 Å². The van der Waals surface area contributed by atoms with Crippen LogP contribution < -0.4 is 4.90 Å². The van der Waals surface area contributed by atoms with Gasteiger partial charge in [0.15, 0.2) is 0 Å². The van der Waals surface area contributed by atoms with Crippen molar-refractivity contribution in [1.29, 1.82) is 0 Å². The van der Waals surface area contributed by atoms with E-state index in [-0.39, 0.29) is 18.4 Å².